The van der Waals surface area contributed by atoms with Gasteiger partial charge in [0.1, 0.15) is 5.75 Å². The van der Waals surface area contributed by atoms with Gasteiger partial charge < -0.3 is 4.74 Å². The quantitative estimate of drug-likeness (QED) is 0.411. The maximum absolute atomic E-state index is 12.3. The minimum atomic E-state index is -0.380. The topological polar surface area (TPSA) is 29.5 Å². The van der Waals surface area contributed by atoms with Crippen LogP contribution in [-0.2, 0) is 5.41 Å². The van der Waals surface area contributed by atoms with E-state index in [9.17, 15) is 4.79 Å². The molecule has 0 aliphatic carbocycles. The second-order valence-electron chi connectivity index (χ2n) is 7.52. The molecule has 0 spiro atoms. The molecule has 0 atom stereocenters. The lowest BCUT2D eigenvalue weighted by molar-refractivity contribution is 0.187. The molecule has 0 saturated heterocycles. The van der Waals surface area contributed by atoms with Crippen LogP contribution < -0.4 is 4.74 Å². The van der Waals surface area contributed by atoms with Crippen LogP contribution in [0.2, 0.25) is 0 Å². The van der Waals surface area contributed by atoms with E-state index in [1.54, 1.807) is 13.1 Å². The third-order valence-electron chi connectivity index (χ3n) is 3.95. The Balaban J connectivity index is 1.90. The highest BCUT2D eigenvalue weighted by Crippen LogP contribution is 2.35. The summed E-state index contributed by atoms with van der Waals surface area (Å²) in [5.74, 6) is 0.973. The number of hydrogen-bond donors (Lipinski definition) is 0. The largest absolute Gasteiger partial charge is 0.425 e. The highest BCUT2D eigenvalue weighted by molar-refractivity contribution is 8.75. The number of amides is 1. The van der Waals surface area contributed by atoms with E-state index >= 15 is 0 Å². The lowest BCUT2D eigenvalue weighted by atomic mass is 9.87. The molecule has 0 heterocycles. The van der Waals surface area contributed by atoms with Crippen LogP contribution >= 0.6 is 21.8 Å². The second kappa shape index (κ2) is 8.87. The first-order chi connectivity index (χ1) is 12.2. The predicted octanol–water partition coefficient (Wildman–Crippen LogP) is 6.89. The van der Waals surface area contributed by atoms with Gasteiger partial charge in [-0.1, -0.05) is 58.9 Å². The van der Waals surface area contributed by atoms with Gasteiger partial charge in [0.25, 0.3) is 0 Å². The Morgan fingerprint density at radius 3 is 2.31 bits per heavy atom. The van der Waals surface area contributed by atoms with Crippen molar-refractivity contribution in [2.24, 2.45) is 0 Å². The van der Waals surface area contributed by atoms with Gasteiger partial charge in [-0.3, -0.25) is 0 Å². The van der Waals surface area contributed by atoms with Gasteiger partial charge in [0.15, 0.2) is 0 Å². The van der Waals surface area contributed by atoms with Gasteiger partial charge in [0.2, 0.25) is 0 Å². The van der Waals surface area contributed by atoms with Gasteiger partial charge in [-0.15, -0.1) is 0 Å². The zero-order chi connectivity index (χ0) is 19.3. The van der Waals surface area contributed by atoms with Crippen LogP contribution in [0.3, 0.4) is 0 Å². The van der Waals surface area contributed by atoms with Crippen molar-refractivity contribution in [2.45, 2.75) is 50.8 Å². The summed E-state index contributed by atoms with van der Waals surface area (Å²) in [5.41, 5.74) is 2.59. The van der Waals surface area contributed by atoms with E-state index < -0.39 is 0 Å². The molecule has 140 valence electrons. The van der Waals surface area contributed by atoms with Crippen molar-refractivity contribution < 1.29 is 9.53 Å². The van der Waals surface area contributed by atoms with Crippen molar-refractivity contribution in [3.63, 3.8) is 0 Å². The maximum Gasteiger partial charge on any atom is 0.425 e. The summed E-state index contributed by atoms with van der Waals surface area (Å²) in [6.45, 7) is 10.8. The summed E-state index contributed by atoms with van der Waals surface area (Å²) in [4.78, 5) is 13.4. The summed E-state index contributed by atoms with van der Waals surface area (Å²) in [6, 6.07) is 16.1. The van der Waals surface area contributed by atoms with E-state index in [1.165, 1.54) is 31.6 Å². The molecule has 0 saturated carbocycles. The molecule has 1 amide bonds. The minimum absolute atomic E-state index is 0.140. The molecule has 0 N–H and O–H groups in total. The van der Waals surface area contributed by atoms with E-state index in [-0.39, 0.29) is 11.5 Å². The van der Waals surface area contributed by atoms with Crippen LogP contribution in [0.15, 0.2) is 53.4 Å². The molecule has 5 heteroatoms. The molecule has 0 radical (unpaired) electrons. The van der Waals surface area contributed by atoms with Crippen molar-refractivity contribution in [2.75, 3.05) is 7.05 Å². The predicted molar refractivity (Wildman–Crippen MR) is 113 cm³/mol. The third kappa shape index (κ3) is 5.99. The smallest absolute Gasteiger partial charge is 0.410 e. The monoisotopic (exact) mass is 389 g/mol. The Morgan fingerprint density at radius 2 is 1.73 bits per heavy atom. The van der Waals surface area contributed by atoms with Crippen molar-refractivity contribution >= 4 is 27.9 Å². The van der Waals surface area contributed by atoms with Gasteiger partial charge in [0, 0.05) is 22.9 Å². The van der Waals surface area contributed by atoms with Gasteiger partial charge in [-0.25, -0.2) is 9.10 Å². The lowest BCUT2D eigenvalue weighted by Gasteiger charge is -2.19. The average Bonchev–Trinajstić information content (AvgIpc) is 2.59. The standard InChI is InChI=1S/C21H27NO2S2/c1-15(2)16-8-7-9-18(14-16)24-20(23)22(6)26-25-19-12-10-17(11-13-19)21(3,4)5/h7-15H,1-6H3. The average molecular weight is 390 g/mol. The number of ether oxygens (including phenoxy) is 1. The Hall–Kier alpha value is -1.59. The van der Waals surface area contributed by atoms with E-state index in [4.69, 9.17) is 4.74 Å². The molecule has 0 aliphatic rings. The highest BCUT2D eigenvalue weighted by Gasteiger charge is 2.15. The number of nitrogens with zero attached hydrogens (tertiary/aromatic N) is 1. The maximum atomic E-state index is 12.3. The Morgan fingerprint density at radius 1 is 1.08 bits per heavy atom. The fourth-order valence-corrected chi connectivity index (χ4v) is 3.89. The van der Waals surface area contributed by atoms with Gasteiger partial charge in [-0.2, -0.15) is 0 Å². The first kappa shape index (κ1) is 20.7. The molecule has 2 rings (SSSR count). The first-order valence-electron chi connectivity index (χ1n) is 8.67. The van der Waals surface area contributed by atoms with Crippen molar-refractivity contribution in [3.8, 4) is 5.75 Å². The number of carbonyl (C=O) groups excluding carboxylic acids is 1. The SMILES string of the molecule is CC(C)c1cccc(OC(=O)N(C)SSc2ccc(C(C)(C)C)cc2)c1. The molecule has 2 aromatic rings. The summed E-state index contributed by atoms with van der Waals surface area (Å²) >= 11 is 0. The zero-order valence-electron chi connectivity index (χ0n) is 16.3. The second-order valence-corrected chi connectivity index (χ2v) is 9.81. The first-order valence-corrected chi connectivity index (χ1v) is 10.8. The van der Waals surface area contributed by atoms with Gasteiger partial charge >= 0.3 is 6.09 Å². The van der Waals surface area contributed by atoms with Crippen molar-refractivity contribution in [1.82, 2.24) is 4.31 Å². The van der Waals surface area contributed by atoms with E-state index in [2.05, 4.69) is 58.9 Å². The summed E-state index contributed by atoms with van der Waals surface area (Å²) < 4.78 is 6.98. The fourth-order valence-electron chi connectivity index (χ4n) is 2.24. The van der Waals surface area contributed by atoms with E-state index in [0.717, 1.165) is 10.5 Å². The summed E-state index contributed by atoms with van der Waals surface area (Å²) in [7, 11) is 4.61. The molecule has 0 fully saturated rings. The normalized spacial score (nSPS) is 11.5. The number of benzene rings is 2. The molecule has 0 unspecified atom stereocenters. The summed E-state index contributed by atoms with van der Waals surface area (Å²) in [5, 5.41) is 0. The molecule has 3 nitrogen and oxygen atoms in total. The van der Waals surface area contributed by atoms with Crippen molar-refractivity contribution in [3.05, 3.63) is 59.7 Å². The molecular formula is C21H27NO2S2. The molecule has 0 bridgehead atoms. The molecule has 26 heavy (non-hydrogen) atoms. The van der Waals surface area contributed by atoms with E-state index in [0.29, 0.717) is 11.7 Å². The fraction of sp³-hybridized carbons (Fsp3) is 0.381. The van der Waals surface area contributed by atoms with Crippen molar-refractivity contribution in [1.29, 1.82) is 0 Å². The van der Waals surface area contributed by atoms with Crippen LogP contribution in [0.4, 0.5) is 4.79 Å². The zero-order valence-corrected chi connectivity index (χ0v) is 17.9. The van der Waals surface area contributed by atoms with Crippen LogP contribution in [-0.4, -0.2) is 17.4 Å². The lowest BCUT2D eigenvalue weighted by Crippen LogP contribution is -2.22. The number of rotatable bonds is 5. The summed E-state index contributed by atoms with van der Waals surface area (Å²) in [6.07, 6.45) is -0.380. The van der Waals surface area contributed by atoms with Crippen LogP contribution in [0.25, 0.3) is 0 Å². The highest BCUT2D eigenvalue weighted by atomic mass is 33.1. The van der Waals surface area contributed by atoms with Crippen LogP contribution in [0.1, 0.15) is 51.7 Å². The molecular weight excluding hydrogens is 362 g/mol. The number of carbonyl (C=O) groups is 1. The Labute approximate surface area is 165 Å². The molecule has 0 aromatic heterocycles. The van der Waals surface area contributed by atoms with E-state index in [1.807, 2.05) is 18.2 Å². The Bertz CT molecular complexity index is 736. The van der Waals surface area contributed by atoms with Crippen LogP contribution in [0.5, 0.6) is 5.75 Å². The molecule has 2 aromatic carbocycles. The van der Waals surface area contributed by atoms with Crippen LogP contribution in [0, 0.1) is 0 Å². The minimum Gasteiger partial charge on any atom is -0.410 e. The van der Waals surface area contributed by atoms with Gasteiger partial charge in [-0.05, 0) is 57.5 Å². The number of hydrogen-bond acceptors (Lipinski definition) is 4. The third-order valence-corrected chi connectivity index (χ3v) is 6.34. The van der Waals surface area contributed by atoms with Gasteiger partial charge in [0.05, 0.1) is 0 Å². The molecule has 0 aliphatic heterocycles. The Kier molecular flexibility index (Phi) is 7.07.